The summed E-state index contributed by atoms with van der Waals surface area (Å²) in [6.45, 7) is 6.62. The normalized spacial score (nSPS) is 10.4. The number of hydrogen-bond donors (Lipinski definition) is 2. The van der Waals surface area contributed by atoms with Gasteiger partial charge in [-0.15, -0.1) is 0 Å². The maximum Gasteiger partial charge on any atom is 0.307 e. The number of nitrogens with one attached hydrogen (secondary N) is 1. The molecule has 44 valence electrons. The standard InChI is InChI=1S/C4H9N4/c1-3-4(7-5)8-6-2/h2H,3,5H2,1H3,(H,7,8)/q+1. The summed E-state index contributed by atoms with van der Waals surface area (Å²) in [5.74, 6) is 5.55. The first-order valence-electron chi connectivity index (χ1n) is 2.28. The molecule has 0 heterocycles. The minimum Gasteiger partial charge on any atom is -0.306 e. The molecule has 0 saturated carbocycles. The fraction of sp³-hybridized carbons (Fsp3) is 0.500. The summed E-state index contributed by atoms with van der Waals surface area (Å²) in [6.07, 6.45) is 0.706. The van der Waals surface area contributed by atoms with Crippen molar-refractivity contribution < 1.29 is 0 Å². The molecule has 0 rings (SSSR count). The maximum atomic E-state index is 4.97. The van der Waals surface area contributed by atoms with Crippen molar-refractivity contribution in [2.45, 2.75) is 13.3 Å². The number of amidine groups is 1. The summed E-state index contributed by atoms with van der Waals surface area (Å²) in [5.41, 5.74) is 2.33. The third-order valence-corrected chi connectivity index (χ3v) is 0.680. The molecular formula is C4H9N4+. The molecule has 0 aliphatic heterocycles. The van der Waals surface area contributed by atoms with Gasteiger partial charge in [0.15, 0.2) is 0 Å². The van der Waals surface area contributed by atoms with E-state index in [-0.39, 0.29) is 0 Å². The van der Waals surface area contributed by atoms with E-state index in [1.165, 1.54) is 0 Å². The average Bonchev–Trinajstić information content (AvgIpc) is 1.83. The van der Waals surface area contributed by atoms with Crippen molar-refractivity contribution >= 4 is 5.84 Å². The van der Waals surface area contributed by atoms with Gasteiger partial charge in [0.05, 0.1) is 0 Å². The highest BCUT2D eigenvalue weighted by atomic mass is 15.3. The van der Waals surface area contributed by atoms with E-state index in [2.05, 4.69) is 15.5 Å². The second kappa shape index (κ2) is 4.09. The summed E-state index contributed by atoms with van der Waals surface area (Å²) in [7, 11) is 0. The Morgan fingerprint density at radius 1 is 2.00 bits per heavy atom. The molecule has 0 radical (unpaired) electrons. The number of nitrogens with two attached hydrogens (primary N) is 1. The molecule has 0 atom stereocenters. The van der Waals surface area contributed by atoms with Gasteiger partial charge in [-0.1, -0.05) is 6.92 Å². The molecule has 3 N–H and O–H groups in total. The zero-order valence-corrected chi connectivity index (χ0v) is 4.76. The molecule has 0 aromatic heterocycles. The molecule has 4 heteroatoms. The van der Waals surface area contributed by atoms with E-state index in [4.69, 9.17) is 12.4 Å². The first-order valence-corrected chi connectivity index (χ1v) is 2.28. The molecule has 0 fully saturated rings. The molecule has 0 aliphatic carbocycles. The summed E-state index contributed by atoms with van der Waals surface area (Å²) < 4.78 is 0. The Hall–Kier alpha value is -1.08. The summed E-state index contributed by atoms with van der Waals surface area (Å²) in [4.78, 5) is 3.02. The van der Waals surface area contributed by atoms with Crippen molar-refractivity contribution in [2.75, 3.05) is 0 Å². The Kier molecular flexibility index (Phi) is 3.54. The van der Waals surface area contributed by atoms with Crippen molar-refractivity contribution in [3.05, 3.63) is 4.95 Å². The molecule has 0 aromatic carbocycles. The van der Waals surface area contributed by atoms with E-state index >= 15 is 0 Å². The van der Waals surface area contributed by atoms with Crippen LogP contribution in [0.4, 0.5) is 0 Å². The van der Waals surface area contributed by atoms with Crippen LogP contribution in [-0.2, 0) is 0 Å². The van der Waals surface area contributed by atoms with Crippen molar-refractivity contribution in [2.24, 2.45) is 10.9 Å². The zero-order chi connectivity index (χ0) is 6.41. The van der Waals surface area contributed by atoms with Crippen LogP contribution in [0.3, 0.4) is 0 Å². The van der Waals surface area contributed by atoms with Gasteiger partial charge in [-0.25, -0.2) is 5.84 Å². The minimum absolute atomic E-state index is 0.576. The molecule has 0 aliphatic rings. The SMILES string of the molecule is C#[N+]/N=C(/CC)NN. The second-order valence-electron chi connectivity index (χ2n) is 1.16. The smallest absolute Gasteiger partial charge is 0.306 e. The van der Waals surface area contributed by atoms with E-state index in [1.54, 1.807) is 0 Å². The van der Waals surface area contributed by atoms with Gasteiger partial charge in [-0.2, -0.15) is 0 Å². The topological polar surface area (TPSA) is 54.8 Å². The highest BCUT2D eigenvalue weighted by molar-refractivity contribution is 5.81. The summed E-state index contributed by atoms with van der Waals surface area (Å²) >= 11 is 0. The van der Waals surface area contributed by atoms with E-state index in [0.717, 1.165) is 0 Å². The quantitative estimate of drug-likeness (QED) is 0.220. The van der Waals surface area contributed by atoms with Crippen LogP contribution in [0.1, 0.15) is 13.3 Å². The fourth-order valence-corrected chi connectivity index (χ4v) is 0.271. The predicted octanol–water partition coefficient (Wildman–Crippen LogP) is 0.136. The van der Waals surface area contributed by atoms with Gasteiger partial charge in [-0.05, 0) is 0 Å². The molecule has 4 nitrogen and oxygen atoms in total. The molecule has 0 bridgehead atoms. The molecule has 0 saturated heterocycles. The molecule has 0 amide bonds. The van der Waals surface area contributed by atoms with Crippen LogP contribution in [0.25, 0.3) is 4.95 Å². The number of rotatable bonds is 1. The Morgan fingerprint density at radius 3 is 2.75 bits per heavy atom. The van der Waals surface area contributed by atoms with Crippen LogP contribution in [0.5, 0.6) is 0 Å². The molecular weight excluding hydrogens is 104 g/mol. The van der Waals surface area contributed by atoms with E-state index in [1.807, 2.05) is 6.92 Å². The van der Waals surface area contributed by atoms with Crippen LogP contribution in [0.2, 0.25) is 0 Å². The summed E-state index contributed by atoms with van der Waals surface area (Å²) in [5, 5.41) is 3.44. The van der Waals surface area contributed by atoms with Crippen molar-refractivity contribution in [3.8, 4) is 6.57 Å². The van der Waals surface area contributed by atoms with E-state index < -0.39 is 0 Å². The van der Waals surface area contributed by atoms with Crippen LogP contribution in [-0.4, -0.2) is 5.84 Å². The Balaban J connectivity index is 3.72. The molecule has 8 heavy (non-hydrogen) atoms. The lowest BCUT2D eigenvalue weighted by molar-refractivity contribution is 0.977. The van der Waals surface area contributed by atoms with Crippen LogP contribution < -0.4 is 11.3 Å². The Bertz CT molecular complexity index is 114. The van der Waals surface area contributed by atoms with Gasteiger partial charge in [0, 0.05) is 6.42 Å². The molecule has 0 aromatic rings. The number of hydrazine groups is 1. The average molecular weight is 113 g/mol. The van der Waals surface area contributed by atoms with Gasteiger partial charge in [-0.3, -0.25) is 0 Å². The zero-order valence-electron chi connectivity index (χ0n) is 4.76. The Morgan fingerprint density at radius 2 is 2.62 bits per heavy atom. The van der Waals surface area contributed by atoms with E-state index in [0.29, 0.717) is 12.3 Å². The van der Waals surface area contributed by atoms with Crippen molar-refractivity contribution in [3.63, 3.8) is 0 Å². The molecule has 0 spiro atoms. The maximum absolute atomic E-state index is 4.97. The van der Waals surface area contributed by atoms with Gasteiger partial charge in [0.1, 0.15) is 10.1 Å². The number of nitrogens with zero attached hydrogens (tertiary/aromatic N) is 2. The van der Waals surface area contributed by atoms with Crippen molar-refractivity contribution in [1.82, 2.24) is 5.43 Å². The van der Waals surface area contributed by atoms with Gasteiger partial charge in [0.2, 0.25) is 5.84 Å². The van der Waals surface area contributed by atoms with Crippen molar-refractivity contribution in [1.29, 1.82) is 0 Å². The third kappa shape index (κ3) is 2.16. The third-order valence-electron chi connectivity index (χ3n) is 0.680. The Labute approximate surface area is 48.2 Å². The number of hydrogen-bond acceptors (Lipinski definition) is 2. The monoisotopic (exact) mass is 113 g/mol. The van der Waals surface area contributed by atoms with Gasteiger partial charge < -0.3 is 5.43 Å². The van der Waals surface area contributed by atoms with Crippen LogP contribution >= 0.6 is 0 Å². The van der Waals surface area contributed by atoms with E-state index in [9.17, 15) is 0 Å². The van der Waals surface area contributed by atoms with Crippen LogP contribution in [0, 0.1) is 6.57 Å². The predicted molar refractivity (Wildman–Crippen MR) is 33.4 cm³/mol. The lowest BCUT2D eigenvalue weighted by atomic mass is 10.5. The van der Waals surface area contributed by atoms with Crippen LogP contribution in [0.15, 0.2) is 5.10 Å². The lowest BCUT2D eigenvalue weighted by Gasteiger charge is -1.89. The summed E-state index contributed by atoms with van der Waals surface area (Å²) in [6, 6.07) is 0. The molecule has 0 unspecified atom stereocenters. The first kappa shape index (κ1) is 6.92. The minimum atomic E-state index is 0.576. The highest BCUT2D eigenvalue weighted by Crippen LogP contribution is 1.78. The largest absolute Gasteiger partial charge is 0.307 e. The van der Waals surface area contributed by atoms with Gasteiger partial charge >= 0.3 is 6.57 Å². The lowest BCUT2D eigenvalue weighted by Crippen LogP contribution is -2.29. The second-order valence-corrected chi connectivity index (χ2v) is 1.16. The highest BCUT2D eigenvalue weighted by Gasteiger charge is 1.92. The van der Waals surface area contributed by atoms with Gasteiger partial charge in [0.25, 0.3) is 0 Å². The first-order chi connectivity index (χ1) is 3.85. The fourth-order valence-electron chi connectivity index (χ4n) is 0.271.